The van der Waals surface area contributed by atoms with Gasteiger partial charge in [-0.05, 0) is 18.6 Å². The monoisotopic (exact) mass is 326 g/mol. The number of methoxy groups -OCH3 is 1. The zero-order valence-corrected chi connectivity index (χ0v) is 13.4. The maximum Gasteiger partial charge on any atom is 0.245 e. The third kappa shape index (κ3) is 3.68. The smallest absolute Gasteiger partial charge is 0.245 e. The lowest BCUT2D eigenvalue weighted by molar-refractivity contribution is -0.131. The Bertz CT molecular complexity index is 763. The number of anilines is 1. The molecule has 7 nitrogen and oxygen atoms in total. The molecule has 1 aromatic heterocycles. The van der Waals surface area contributed by atoms with E-state index in [0.717, 1.165) is 17.7 Å². The summed E-state index contributed by atoms with van der Waals surface area (Å²) in [7, 11) is 1.60. The van der Waals surface area contributed by atoms with Crippen LogP contribution in [0.1, 0.15) is 12.8 Å². The summed E-state index contributed by atoms with van der Waals surface area (Å²) >= 11 is 0. The first kappa shape index (κ1) is 15.9. The largest absolute Gasteiger partial charge is 0.497 e. The van der Waals surface area contributed by atoms with E-state index in [1.165, 1.54) is 6.33 Å². The van der Waals surface area contributed by atoms with E-state index in [1.54, 1.807) is 18.1 Å². The Morgan fingerprint density at radius 2 is 2.21 bits per heavy atom. The van der Waals surface area contributed by atoms with Crippen molar-refractivity contribution >= 4 is 17.6 Å². The molecule has 2 aromatic rings. The zero-order valence-electron chi connectivity index (χ0n) is 13.4. The normalized spacial score (nSPS) is 13.9. The fourth-order valence-corrected chi connectivity index (χ4v) is 2.59. The van der Waals surface area contributed by atoms with E-state index in [9.17, 15) is 9.59 Å². The Labute approximate surface area is 139 Å². The summed E-state index contributed by atoms with van der Waals surface area (Å²) in [5.74, 6) is 0.883. The molecule has 0 aliphatic carbocycles. The Kier molecular flexibility index (Phi) is 4.69. The highest BCUT2D eigenvalue weighted by Gasteiger charge is 2.22. The highest BCUT2D eigenvalue weighted by atomic mass is 16.5. The van der Waals surface area contributed by atoms with Gasteiger partial charge in [-0.3, -0.25) is 9.59 Å². The van der Waals surface area contributed by atoms with Gasteiger partial charge in [0.1, 0.15) is 17.9 Å². The average molecular weight is 326 g/mol. The van der Waals surface area contributed by atoms with Crippen LogP contribution in [0.4, 0.5) is 5.82 Å². The SMILES string of the molecule is COc1cccc(-c2cc(NC(=O)CN3CCCC3=O)ncn2)c1. The maximum atomic E-state index is 12.1. The van der Waals surface area contributed by atoms with Crippen molar-refractivity contribution in [2.75, 3.05) is 25.5 Å². The lowest BCUT2D eigenvalue weighted by Crippen LogP contribution is -2.34. The van der Waals surface area contributed by atoms with Crippen molar-refractivity contribution in [3.05, 3.63) is 36.7 Å². The van der Waals surface area contributed by atoms with Gasteiger partial charge in [-0.25, -0.2) is 9.97 Å². The van der Waals surface area contributed by atoms with Crippen molar-refractivity contribution in [3.63, 3.8) is 0 Å². The van der Waals surface area contributed by atoms with E-state index < -0.39 is 0 Å². The van der Waals surface area contributed by atoms with Crippen LogP contribution in [0, 0.1) is 0 Å². The maximum absolute atomic E-state index is 12.1. The van der Waals surface area contributed by atoms with Crippen LogP contribution >= 0.6 is 0 Å². The molecule has 1 aromatic carbocycles. The van der Waals surface area contributed by atoms with Crippen LogP contribution in [0.2, 0.25) is 0 Å². The Morgan fingerprint density at radius 3 is 2.96 bits per heavy atom. The van der Waals surface area contributed by atoms with Crippen molar-refractivity contribution in [1.29, 1.82) is 0 Å². The molecule has 1 aliphatic heterocycles. The summed E-state index contributed by atoms with van der Waals surface area (Å²) < 4.78 is 5.20. The van der Waals surface area contributed by atoms with E-state index >= 15 is 0 Å². The molecule has 0 atom stereocenters. The average Bonchev–Trinajstić information content (AvgIpc) is 3.00. The third-order valence-electron chi connectivity index (χ3n) is 3.81. The summed E-state index contributed by atoms with van der Waals surface area (Å²) in [4.78, 5) is 33.5. The predicted octanol–water partition coefficient (Wildman–Crippen LogP) is 1.71. The summed E-state index contributed by atoms with van der Waals surface area (Å²) in [6.45, 7) is 0.683. The van der Waals surface area contributed by atoms with Crippen molar-refractivity contribution < 1.29 is 14.3 Å². The fraction of sp³-hybridized carbons (Fsp3) is 0.294. The highest BCUT2D eigenvalue weighted by molar-refractivity contribution is 5.94. The number of likely N-dealkylation sites (tertiary alicyclic amines) is 1. The van der Waals surface area contributed by atoms with Gasteiger partial charge in [-0.2, -0.15) is 0 Å². The Balaban J connectivity index is 1.70. The lowest BCUT2D eigenvalue weighted by atomic mass is 10.1. The first-order chi connectivity index (χ1) is 11.7. The van der Waals surface area contributed by atoms with Gasteiger partial charge in [-0.15, -0.1) is 0 Å². The van der Waals surface area contributed by atoms with Crippen molar-refractivity contribution in [2.45, 2.75) is 12.8 Å². The molecule has 124 valence electrons. The van der Waals surface area contributed by atoms with Crippen molar-refractivity contribution in [3.8, 4) is 17.0 Å². The molecule has 3 rings (SSSR count). The highest BCUT2D eigenvalue weighted by Crippen LogP contribution is 2.23. The van der Waals surface area contributed by atoms with Crippen LogP contribution in [-0.4, -0.2) is 46.9 Å². The minimum Gasteiger partial charge on any atom is -0.497 e. The van der Waals surface area contributed by atoms with Crippen LogP contribution in [-0.2, 0) is 9.59 Å². The molecule has 0 radical (unpaired) electrons. The van der Waals surface area contributed by atoms with Crippen LogP contribution in [0.3, 0.4) is 0 Å². The van der Waals surface area contributed by atoms with Gasteiger partial charge < -0.3 is 15.0 Å². The summed E-state index contributed by atoms with van der Waals surface area (Å²) in [6, 6.07) is 9.17. The fourth-order valence-electron chi connectivity index (χ4n) is 2.59. The number of aromatic nitrogens is 2. The molecule has 1 fully saturated rings. The van der Waals surface area contributed by atoms with E-state index in [1.807, 2.05) is 24.3 Å². The Morgan fingerprint density at radius 1 is 1.33 bits per heavy atom. The predicted molar refractivity (Wildman–Crippen MR) is 88.5 cm³/mol. The van der Waals surface area contributed by atoms with Gasteiger partial charge in [0, 0.05) is 24.6 Å². The number of nitrogens with zero attached hydrogens (tertiary/aromatic N) is 3. The number of rotatable bonds is 5. The standard InChI is InChI=1S/C17H18N4O3/c1-24-13-5-2-4-12(8-13)14-9-15(19-11-18-14)20-16(22)10-21-7-3-6-17(21)23/h2,4-5,8-9,11H,3,6-7,10H2,1H3,(H,18,19,20,22). The molecule has 24 heavy (non-hydrogen) atoms. The molecule has 1 aliphatic rings. The molecule has 1 N–H and O–H groups in total. The summed E-state index contributed by atoms with van der Waals surface area (Å²) in [5, 5.41) is 2.71. The number of hydrogen-bond acceptors (Lipinski definition) is 5. The minimum absolute atomic E-state index is 0.0184. The number of ether oxygens (including phenoxy) is 1. The van der Waals surface area contributed by atoms with Crippen LogP contribution in [0.5, 0.6) is 5.75 Å². The zero-order chi connectivity index (χ0) is 16.9. The summed E-state index contributed by atoms with van der Waals surface area (Å²) in [6.07, 6.45) is 2.71. The van der Waals surface area contributed by atoms with Gasteiger partial charge in [0.15, 0.2) is 0 Å². The number of carbonyl (C=O) groups excluding carboxylic acids is 2. The summed E-state index contributed by atoms with van der Waals surface area (Å²) in [5.41, 5.74) is 1.54. The van der Waals surface area contributed by atoms with E-state index in [0.29, 0.717) is 24.5 Å². The number of carbonyl (C=O) groups is 2. The third-order valence-corrected chi connectivity index (χ3v) is 3.81. The first-order valence-electron chi connectivity index (χ1n) is 7.70. The van der Waals surface area contributed by atoms with Gasteiger partial charge in [0.2, 0.25) is 11.8 Å². The number of amides is 2. The number of nitrogens with one attached hydrogen (secondary N) is 1. The minimum atomic E-state index is -0.263. The quantitative estimate of drug-likeness (QED) is 0.904. The molecule has 0 unspecified atom stereocenters. The Hall–Kier alpha value is -2.96. The van der Waals surface area contributed by atoms with Gasteiger partial charge >= 0.3 is 0 Å². The topological polar surface area (TPSA) is 84.4 Å². The molecule has 2 heterocycles. The van der Waals surface area contributed by atoms with E-state index in [-0.39, 0.29) is 18.4 Å². The van der Waals surface area contributed by atoms with Crippen LogP contribution < -0.4 is 10.1 Å². The second kappa shape index (κ2) is 7.08. The van der Waals surface area contributed by atoms with E-state index in [2.05, 4.69) is 15.3 Å². The van der Waals surface area contributed by atoms with Gasteiger partial charge in [-0.1, -0.05) is 12.1 Å². The molecule has 0 spiro atoms. The van der Waals surface area contributed by atoms with Crippen molar-refractivity contribution in [2.24, 2.45) is 0 Å². The van der Waals surface area contributed by atoms with Gasteiger partial charge in [0.05, 0.1) is 19.3 Å². The second-order valence-corrected chi connectivity index (χ2v) is 5.49. The molecule has 2 amide bonds. The second-order valence-electron chi connectivity index (χ2n) is 5.49. The molecule has 7 heteroatoms. The van der Waals surface area contributed by atoms with E-state index in [4.69, 9.17) is 4.74 Å². The van der Waals surface area contributed by atoms with Crippen LogP contribution in [0.25, 0.3) is 11.3 Å². The molecular weight excluding hydrogens is 308 g/mol. The molecule has 1 saturated heterocycles. The number of hydrogen-bond donors (Lipinski definition) is 1. The van der Waals surface area contributed by atoms with Crippen molar-refractivity contribution in [1.82, 2.24) is 14.9 Å². The van der Waals surface area contributed by atoms with Crippen LogP contribution in [0.15, 0.2) is 36.7 Å². The lowest BCUT2D eigenvalue weighted by Gasteiger charge is -2.14. The molecule has 0 saturated carbocycles. The van der Waals surface area contributed by atoms with Gasteiger partial charge in [0.25, 0.3) is 0 Å². The first-order valence-corrected chi connectivity index (χ1v) is 7.70. The molecular formula is C17H18N4O3. The molecule has 0 bridgehead atoms. The number of benzene rings is 1.